The zero-order valence-electron chi connectivity index (χ0n) is 23.5. The van der Waals surface area contributed by atoms with Gasteiger partial charge in [-0.15, -0.1) is 11.3 Å². The van der Waals surface area contributed by atoms with Crippen molar-refractivity contribution in [3.8, 4) is 5.75 Å². The van der Waals surface area contributed by atoms with Crippen molar-refractivity contribution in [2.24, 2.45) is 7.05 Å². The average molecular weight is 582 g/mol. The molecule has 3 aromatic heterocycles. The van der Waals surface area contributed by atoms with Gasteiger partial charge in [-0.2, -0.15) is 5.10 Å². The SMILES string of the molecule is Cc1c(C(=O)Nc2ccn(C)n2)sc2ncnc(Nc3ccc(F)cc3OC3CCCN(C(=O)OC(C)(C)C)C3)c12. The van der Waals surface area contributed by atoms with Crippen LogP contribution in [-0.4, -0.2) is 61.4 Å². The lowest BCUT2D eigenvalue weighted by Gasteiger charge is -2.34. The van der Waals surface area contributed by atoms with E-state index in [4.69, 9.17) is 9.47 Å². The number of nitrogens with zero attached hydrogens (tertiary/aromatic N) is 5. The van der Waals surface area contributed by atoms with E-state index in [1.165, 1.54) is 29.8 Å². The Balaban J connectivity index is 1.37. The summed E-state index contributed by atoms with van der Waals surface area (Å²) in [6.45, 7) is 8.18. The first-order valence-corrected chi connectivity index (χ1v) is 14.0. The van der Waals surface area contributed by atoms with E-state index in [0.717, 1.165) is 6.42 Å². The first-order valence-electron chi connectivity index (χ1n) is 13.2. The molecular formula is C28H32FN7O4S. The average Bonchev–Trinajstić information content (AvgIpc) is 3.47. The van der Waals surface area contributed by atoms with Gasteiger partial charge in [-0.3, -0.25) is 9.48 Å². The number of amides is 2. The summed E-state index contributed by atoms with van der Waals surface area (Å²) >= 11 is 1.25. The van der Waals surface area contributed by atoms with Crippen LogP contribution in [0.3, 0.4) is 0 Å². The molecule has 0 spiro atoms. The number of anilines is 3. The number of carbonyl (C=O) groups excluding carboxylic acids is 2. The Morgan fingerprint density at radius 1 is 1.20 bits per heavy atom. The highest BCUT2D eigenvalue weighted by atomic mass is 32.1. The predicted octanol–water partition coefficient (Wildman–Crippen LogP) is 5.65. The van der Waals surface area contributed by atoms with Gasteiger partial charge >= 0.3 is 6.09 Å². The smallest absolute Gasteiger partial charge is 0.410 e. The molecule has 41 heavy (non-hydrogen) atoms. The molecule has 1 unspecified atom stereocenters. The Bertz CT molecular complexity index is 1600. The summed E-state index contributed by atoms with van der Waals surface area (Å²) < 4.78 is 27.7. The molecule has 4 heterocycles. The minimum Gasteiger partial charge on any atom is -0.486 e. The van der Waals surface area contributed by atoms with Crippen molar-refractivity contribution in [3.05, 3.63) is 53.0 Å². The first kappa shape index (κ1) is 28.3. The number of fused-ring (bicyclic) bond motifs is 1. The van der Waals surface area contributed by atoms with E-state index in [1.807, 2.05) is 27.7 Å². The Kier molecular flexibility index (Phi) is 7.80. The lowest BCUT2D eigenvalue weighted by atomic mass is 10.1. The van der Waals surface area contributed by atoms with Crippen molar-refractivity contribution in [2.75, 3.05) is 23.7 Å². The third-order valence-corrected chi connectivity index (χ3v) is 7.61. The summed E-state index contributed by atoms with van der Waals surface area (Å²) in [6.07, 6.45) is 3.82. The fourth-order valence-electron chi connectivity index (χ4n) is 4.57. The molecule has 1 saturated heterocycles. The molecule has 1 fully saturated rings. The van der Waals surface area contributed by atoms with Crippen LogP contribution < -0.4 is 15.4 Å². The second-order valence-corrected chi connectivity index (χ2v) is 11.9. The van der Waals surface area contributed by atoms with E-state index in [0.29, 0.717) is 57.5 Å². The van der Waals surface area contributed by atoms with E-state index in [9.17, 15) is 14.0 Å². The maximum Gasteiger partial charge on any atom is 0.410 e. The molecule has 13 heteroatoms. The van der Waals surface area contributed by atoms with Crippen LogP contribution in [0.4, 0.5) is 26.5 Å². The summed E-state index contributed by atoms with van der Waals surface area (Å²) in [4.78, 5) is 37.1. The van der Waals surface area contributed by atoms with Gasteiger partial charge in [-0.25, -0.2) is 19.2 Å². The lowest BCUT2D eigenvalue weighted by Crippen LogP contribution is -2.46. The van der Waals surface area contributed by atoms with Crippen LogP contribution in [0.5, 0.6) is 5.75 Å². The molecule has 0 radical (unpaired) electrons. The monoisotopic (exact) mass is 581 g/mol. The van der Waals surface area contributed by atoms with E-state index in [-0.39, 0.29) is 17.8 Å². The third-order valence-electron chi connectivity index (χ3n) is 6.41. The van der Waals surface area contributed by atoms with Crippen molar-refractivity contribution in [1.82, 2.24) is 24.6 Å². The van der Waals surface area contributed by atoms with Gasteiger partial charge in [-0.05, 0) is 58.2 Å². The quantitative estimate of drug-likeness (QED) is 0.300. The van der Waals surface area contributed by atoms with Crippen LogP contribution in [-0.2, 0) is 11.8 Å². The summed E-state index contributed by atoms with van der Waals surface area (Å²) in [6, 6.07) is 5.92. The van der Waals surface area contributed by atoms with Crippen LogP contribution in [0.1, 0.15) is 48.8 Å². The summed E-state index contributed by atoms with van der Waals surface area (Å²) in [5.41, 5.74) is 0.587. The van der Waals surface area contributed by atoms with Gasteiger partial charge in [0.15, 0.2) is 5.82 Å². The van der Waals surface area contributed by atoms with E-state index in [2.05, 4.69) is 25.7 Å². The molecule has 4 aromatic rings. The number of hydrogen-bond donors (Lipinski definition) is 2. The Labute approximate surface area is 240 Å². The number of halogens is 1. The Morgan fingerprint density at radius 2 is 2.00 bits per heavy atom. The van der Waals surface area contributed by atoms with Crippen molar-refractivity contribution in [1.29, 1.82) is 0 Å². The van der Waals surface area contributed by atoms with Crippen LogP contribution in [0, 0.1) is 12.7 Å². The zero-order chi connectivity index (χ0) is 29.3. The third kappa shape index (κ3) is 6.56. The largest absolute Gasteiger partial charge is 0.486 e. The first-order chi connectivity index (χ1) is 19.5. The molecule has 5 rings (SSSR count). The van der Waals surface area contributed by atoms with Gasteiger partial charge in [-0.1, -0.05) is 0 Å². The van der Waals surface area contributed by atoms with E-state index in [1.54, 1.807) is 35.0 Å². The molecule has 1 atom stereocenters. The van der Waals surface area contributed by atoms with Gasteiger partial charge in [0.05, 0.1) is 22.5 Å². The molecule has 216 valence electrons. The number of rotatable bonds is 6. The normalized spacial score (nSPS) is 15.6. The molecule has 0 bridgehead atoms. The highest BCUT2D eigenvalue weighted by molar-refractivity contribution is 7.20. The van der Waals surface area contributed by atoms with Crippen molar-refractivity contribution < 1.29 is 23.5 Å². The summed E-state index contributed by atoms with van der Waals surface area (Å²) in [5.74, 6) is 0.427. The number of piperidine rings is 1. The number of ether oxygens (including phenoxy) is 2. The van der Waals surface area contributed by atoms with E-state index < -0.39 is 17.5 Å². The van der Waals surface area contributed by atoms with Crippen molar-refractivity contribution in [2.45, 2.75) is 52.2 Å². The van der Waals surface area contributed by atoms with Gasteiger partial charge in [0, 0.05) is 31.9 Å². The summed E-state index contributed by atoms with van der Waals surface area (Å²) in [5, 5.41) is 10.9. The molecule has 1 aliphatic heterocycles. The topological polar surface area (TPSA) is 124 Å². The molecule has 11 nitrogen and oxygen atoms in total. The van der Waals surface area contributed by atoms with Crippen LogP contribution >= 0.6 is 11.3 Å². The number of benzene rings is 1. The maximum absolute atomic E-state index is 14.4. The second kappa shape index (κ2) is 11.3. The highest BCUT2D eigenvalue weighted by Gasteiger charge is 2.29. The van der Waals surface area contributed by atoms with Gasteiger partial charge in [0.2, 0.25) is 0 Å². The zero-order valence-corrected chi connectivity index (χ0v) is 24.3. The molecular weight excluding hydrogens is 549 g/mol. The maximum atomic E-state index is 14.4. The Morgan fingerprint density at radius 3 is 2.73 bits per heavy atom. The number of carbonyl (C=O) groups is 2. The minimum atomic E-state index is -0.605. The molecule has 0 aliphatic carbocycles. The number of aromatic nitrogens is 4. The lowest BCUT2D eigenvalue weighted by molar-refractivity contribution is 0.00781. The van der Waals surface area contributed by atoms with Crippen molar-refractivity contribution >= 4 is 50.9 Å². The number of aryl methyl sites for hydroxylation is 2. The molecule has 2 amide bonds. The number of hydrogen-bond acceptors (Lipinski definition) is 9. The number of thiophene rings is 1. The van der Waals surface area contributed by atoms with Crippen LogP contribution in [0.15, 0.2) is 36.8 Å². The van der Waals surface area contributed by atoms with Gasteiger partial charge < -0.3 is 25.0 Å². The summed E-state index contributed by atoms with van der Waals surface area (Å²) in [7, 11) is 1.77. The molecule has 2 N–H and O–H groups in total. The van der Waals surface area contributed by atoms with Crippen LogP contribution in [0.2, 0.25) is 0 Å². The molecule has 1 aromatic carbocycles. The molecule has 0 saturated carbocycles. The predicted molar refractivity (Wildman–Crippen MR) is 154 cm³/mol. The fourth-order valence-corrected chi connectivity index (χ4v) is 5.61. The number of nitrogens with one attached hydrogen (secondary N) is 2. The van der Waals surface area contributed by atoms with Crippen LogP contribution in [0.25, 0.3) is 10.2 Å². The van der Waals surface area contributed by atoms with Gasteiger partial charge in [0.25, 0.3) is 5.91 Å². The van der Waals surface area contributed by atoms with Gasteiger partial charge in [0.1, 0.15) is 40.2 Å². The fraction of sp³-hybridized carbons (Fsp3) is 0.393. The molecule has 1 aliphatic rings. The second-order valence-electron chi connectivity index (χ2n) is 10.9. The number of likely N-dealkylation sites (tertiary alicyclic amines) is 1. The Hall–Kier alpha value is -4.26. The standard InChI is InChI=1S/C28H32FN7O4S/c1-16-22-24(30-15-31-26(22)41-23(16)25(37)33-21-10-12-35(5)34-21)32-19-9-8-17(29)13-20(19)39-18-7-6-11-36(14-18)27(38)40-28(2,3)4/h8-10,12-13,15,18H,6-7,11,14H2,1-5H3,(H,30,31,32)(H,33,34,37). The van der Waals surface area contributed by atoms with E-state index >= 15 is 0 Å². The minimum absolute atomic E-state index is 0.286. The highest BCUT2D eigenvalue weighted by Crippen LogP contribution is 2.37. The van der Waals surface area contributed by atoms with Crippen molar-refractivity contribution in [3.63, 3.8) is 0 Å².